The van der Waals surface area contributed by atoms with Crippen molar-refractivity contribution >= 4 is 5.97 Å². The Morgan fingerprint density at radius 2 is 1.72 bits per heavy atom. The molecule has 1 fully saturated rings. The van der Waals surface area contributed by atoms with Crippen molar-refractivity contribution in [1.29, 1.82) is 0 Å². The molecule has 0 amide bonds. The van der Waals surface area contributed by atoms with Gasteiger partial charge in [-0.05, 0) is 69.1 Å². The zero-order valence-electron chi connectivity index (χ0n) is 19.3. The second kappa shape index (κ2) is 11.1. The summed E-state index contributed by atoms with van der Waals surface area (Å²) in [5, 5.41) is 9.99. The Bertz CT molecular complexity index is 915. The van der Waals surface area contributed by atoms with Gasteiger partial charge in [0, 0.05) is 5.56 Å². The predicted molar refractivity (Wildman–Crippen MR) is 122 cm³/mol. The summed E-state index contributed by atoms with van der Waals surface area (Å²) in [5.74, 6) is 1.86. The zero-order chi connectivity index (χ0) is 23.1. The number of likely N-dealkylation sites (tertiary alicyclic amines) is 1. The minimum Gasteiger partial charge on any atom is -0.497 e. The molecule has 1 N–H and O–H groups in total. The van der Waals surface area contributed by atoms with E-state index in [1.54, 1.807) is 14.2 Å². The van der Waals surface area contributed by atoms with Crippen molar-refractivity contribution in [1.82, 2.24) is 4.90 Å². The highest BCUT2D eigenvalue weighted by molar-refractivity contribution is 5.74. The lowest BCUT2D eigenvalue weighted by molar-refractivity contribution is -0.145. The molecule has 0 radical (unpaired) electrons. The Morgan fingerprint density at radius 1 is 1.00 bits per heavy atom. The first-order valence-corrected chi connectivity index (χ1v) is 11.1. The molecule has 1 aliphatic rings. The van der Waals surface area contributed by atoms with Crippen LogP contribution in [0.3, 0.4) is 0 Å². The number of rotatable bonds is 10. The molecule has 0 aromatic heterocycles. The molecule has 0 spiro atoms. The number of carboxylic acid groups (broad SMARTS) is 1. The Labute approximate surface area is 189 Å². The Morgan fingerprint density at radius 3 is 2.38 bits per heavy atom. The van der Waals surface area contributed by atoms with E-state index in [0.717, 1.165) is 24.0 Å². The van der Waals surface area contributed by atoms with Crippen LogP contribution in [0.15, 0.2) is 36.4 Å². The average molecular weight is 444 g/mol. The van der Waals surface area contributed by atoms with E-state index in [-0.39, 0.29) is 6.04 Å². The van der Waals surface area contributed by atoms with Crippen LogP contribution in [0.1, 0.15) is 50.3 Å². The van der Waals surface area contributed by atoms with Crippen LogP contribution in [0.25, 0.3) is 0 Å². The van der Waals surface area contributed by atoms with Crippen molar-refractivity contribution < 1.29 is 28.8 Å². The minimum atomic E-state index is -0.812. The smallest absolute Gasteiger partial charge is 0.320 e. The normalized spacial score (nSPS) is 17.4. The summed E-state index contributed by atoms with van der Waals surface area (Å²) in [4.78, 5) is 14.2. The van der Waals surface area contributed by atoms with Crippen molar-refractivity contribution in [3.05, 3.63) is 47.5 Å². The number of nitrogens with zero attached hydrogens (tertiary/aromatic N) is 1. The van der Waals surface area contributed by atoms with Gasteiger partial charge in [0.05, 0.1) is 33.5 Å². The van der Waals surface area contributed by atoms with Gasteiger partial charge in [0.2, 0.25) is 0 Å². The highest BCUT2D eigenvalue weighted by Crippen LogP contribution is 2.42. The van der Waals surface area contributed by atoms with Crippen molar-refractivity contribution in [3.63, 3.8) is 0 Å². The van der Waals surface area contributed by atoms with Gasteiger partial charge >= 0.3 is 5.97 Å². The van der Waals surface area contributed by atoms with Crippen molar-refractivity contribution in [2.45, 2.75) is 45.2 Å². The van der Waals surface area contributed by atoms with Crippen molar-refractivity contribution in [2.75, 3.05) is 34.0 Å². The van der Waals surface area contributed by atoms with Gasteiger partial charge in [-0.25, -0.2) is 0 Å². The second-order valence-electron chi connectivity index (χ2n) is 7.67. The SMILES string of the molecule is CCOc1ccc(C(c2cc(OC)ccc2OC)N2CCCCC2C(=O)O)cc1OCC. The first kappa shape index (κ1) is 23.7. The van der Waals surface area contributed by atoms with Gasteiger partial charge in [-0.1, -0.05) is 12.5 Å². The van der Waals surface area contributed by atoms with E-state index >= 15 is 0 Å². The molecule has 7 heteroatoms. The standard InChI is InChI=1S/C25H33NO6/c1-5-31-22-12-10-17(15-23(22)32-6-2)24(26-14-8-7-9-20(26)25(27)28)19-16-18(29-3)11-13-21(19)30-4/h10-13,15-16,20,24H,5-9,14H2,1-4H3,(H,27,28). The topological polar surface area (TPSA) is 77.5 Å². The molecule has 2 unspecified atom stereocenters. The van der Waals surface area contributed by atoms with Crippen LogP contribution in [-0.2, 0) is 4.79 Å². The number of aliphatic carboxylic acids is 1. The second-order valence-corrected chi connectivity index (χ2v) is 7.67. The number of methoxy groups -OCH3 is 2. The molecule has 32 heavy (non-hydrogen) atoms. The highest BCUT2D eigenvalue weighted by atomic mass is 16.5. The van der Waals surface area contributed by atoms with E-state index in [9.17, 15) is 9.90 Å². The molecule has 1 aliphatic heterocycles. The maximum absolute atomic E-state index is 12.2. The lowest BCUT2D eigenvalue weighted by atomic mass is 9.90. The largest absolute Gasteiger partial charge is 0.497 e. The third-order valence-corrected chi connectivity index (χ3v) is 5.78. The van der Waals surface area contributed by atoms with Gasteiger partial charge in [-0.3, -0.25) is 9.69 Å². The Kier molecular flexibility index (Phi) is 8.22. The van der Waals surface area contributed by atoms with Crippen LogP contribution in [0, 0.1) is 0 Å². The summed E-state index contributed by atoms with van der Waals surface area (Å²) in [5.41, 5.74) is 1.77. The molecule has 2 aromatic rings. The van der Waals surface area contributed by atoms with Crippen molar-refractivity contribution in [3.8, 4) is 23.0 Å². The molecule has 0 saturated carbocycles. The lowest BCUT2D eigenvalue weighted by Crippen LogP contribution is -2.46. The molecular weight excluding hydrogens is 410 g/mol. The summed E-state index contributed by atoms with van der Waals surface area (Å²) in [6.45, 7) is 5.55. The van der Waals surface area contributed by atoms with Gasteiger partial charge in [0.1, 0.15) is 17.5 Å². The number of carboxylic acids is 1. The maximum atomic E-state index is 12.2. The predicted octanol–water partition coefficient (Wildman–Crippen LogP) is 4.53. The number of ether oxygens (including phenoxy) is 4. The molecule has 174 valence electrons. The van der Waals surface area contributed by atoms with E-state index in [4.69, 9.17) is 18.9 Å². The monoisotopic (exact) mass is 443 g/mol. The molecule has 3 rings (SSSR count). The molecule has 0 aliphatic carbocycles. The molecular formula is C25H33NO6. The van der Waals surface area contributed by atoms with E-state index < -0.39 is 12.0 Å². The number of piperidine rings is 1. The molecule has 0 bridgehead atoms. The van der Waals surface area contributed by atoms with Crippen LogP contribution in [0.4, 0.5) is 0 Å². The third-order valence-electron chi connectivity index (χ3n) is 5.78. The van der Waals surface area contributed by atoms with E-state index in [1.165, 1.54) is 0 Å². The summed E-state index contributed by atoms with van der Waals surface area (Å²) in [6.07, 6.45) is 2.43. The molecule has 1 heterocycles. The van der Waals surface area contributed by atoms with E-state index in [1.807, 2.05) is 50.2 Å². The molecule has 1 saturated heterocycles. The fourth-order valence-corrected chi connectivity index (χ4v) is 4.37. The Balaban J connectivity index is 2.19. The number of benzene rings is 2. The van der Waals surface area contributed by atoms with Crippen molar-refractivity contribution in [2.24, 2.45) is 0 Å². The number of hydrogen-bond donors (Lipinski definition) is 1. The summed E-state index contributed by atoms with van der Waals surface area (Å²) >= 11 is 0. The number of carbonyl (C=O) groups is 1. The highest BCUT2D eigenvalue weighted by Gasteiger charge is 2.37. The van der Waals surface area contributed by atoms with E-state index in [0.29, 0.717) is 49.2 Å². The zero-order valence-corrected chi connectivity index (χ0v) is 19.3. The molecule has 7 nitrogen and oxygen atoms in total. The minimum absolute atomic E-state index is 0.351. The van der Waals surface area contributed by atoms with Crippen LogP contribution >= 0.6 is 0 Å². The van der Waals surface area contributed by atoms with Gasteiger partial charge in [-0.2, -0.15) is 0 Å². The fraction of sp³-hybridized carbons (Fsp3) is 0.480. The summed E-state index contributed by atoms with van der Waals surface area (Å²) < 4.78 is 22.8. The fourth-order valence-electron chi connectivity index (χ4n) is 4.37. The van der Waals surface area contributed by atoms with Crippen LogP contribution in [0.5, 0.6) is 23.0 Å². The van der Waals surface area contributed by atoms with Gasteiger partial charge in [0.25, 0.3) is 0 Å². The quantitative estimate of drug-likeness (QED) is 0.578. The van der Waals surface area contributed by atoms with Gasteiger partial charge < -0.3 is 24.1 Å². The number of hydrogen-bond acceptors (Lipinski definition) is 6. The maximum Gasteiger partial charge on any atom is 0.320 e. The summed E-state index contributed by atoms with van der Waals surface area (Å²) in [7, 11) is 3.24. The van der Waals surface area contributed by atoms with Crippen LogP contribution < -0.4 is 18.9 Å². The lowest BCUT2D eigenvalue weighted by Gasteiger charge is -2.40. The summed E-state index contributed by atoms with van der Waals surface area (Å²) in [6, 6.07) is 10.5. The Hall–Kier alpha value is -2.93. The first-order valence-electron chi connectivity index (χ1n) is 11.1. The first-order chi connectivity index (χ1) is 15.5. The van der Waals surface area contributed by atoms with E-state index in [2.05, 4.69) is 4.90 Å². The van der Waals surface area contributed by atoms with Gasteiger partial charge in [-0.15, -0.1) is 0 Å². The van der Waals surface area contributed by atoms with Crippen LogP contribution in [-0.4, -0.2) is 56.0 Å². The molecule has 2 atom stereocenters. The van der Waals surface area contributed by atoms with Gasteiger partial charge in [0.15, 0.2) is 11.5 Å². The average Bonchev–Trinajstić information content (AvgIpc) is 2.81. The molecule has 2 aromatic carbocycles. The van der Waals surface area contributed by atoms with Crippen LogP contribution in [0.2, 0.25) is 0 Å². The third kappa shape index (κ3) is 5.10.